The lowest BCUT2D eigenvalue weighted by Crippen LogP contribution is -2.36. The van der Waals surface area contributed by atoms with Crippen molar-refractivity contribution in [2.24, 2.45) is 0 Å². The number of nitrogens with zero attached hydrogens (tertiary/aromatic N) is 2. The van der Waals surface area contributed by atoms with E-state index in [0.717, 1.165) is 5.21 Å². The predicted molar refractivity (Wildman–Crippen MR) is 31.3 cm³/mol. The predicted octanol–water partition coefficient (Wildman–Crippen LogP) is 2.48. The Kier molecular flexibility index (Phi) is 2.60. The standard InChI is InChI=1S/C5HF8N3/c6-3(7,5(11,12)13)1-2(4(8,9)10)15-16-14-1/h(H,14,15,16). The minimum absolute atomic E-state index is 1.08. The second-order valence-electron chi connectivity index (χ2n) is 2.59. The highest BCUT2D eigenvalue weighted by atomic mass is 19.4. The molecule has 0 aromatic carbocycles. The lowest BCUT2D eigenvalue weighted by Gasteiger charge is -2.18. The Morgan fingerprint density at radius 3 is 1.56 bits per heavy atom. The Labute approximate surface area is 81.4 Å². The van der Waals surface area contributed by atoms with Crippen LogP contribution in [-0.2, 0) is 12.1 Å². The number of halogens is 8. The van der Waals surface area contributed by atoms with Gasteiger partial charge in [-0.2, -0.15) is 50.5 Å². The van der Waals surface area contributed by atoms with E-state index in [1.165, 1.54) is 0 Å². The first-order valence-corrected chi connectivity index (χ1v) is 3.41. The van der Waals surface area contributed by atoms with Crippen molar-refractivity contribution in [2.75, 3.05) is 0 Å². The third-order valence-corrected chi connectivity index (χ3v) is 1.47. The van der Waals surface area contributed by atoms with E-state index in [2.05, 4.69) is 10.2 Å². The van der Waals surface area contributed by atoms with E-state index in [9.17, 15) is 35.1 Å². The molecular formula is C5HF8N3. The minimum atomic E-state index is -6.18. The van der Waals surface area contributed by atoms with Crippen molar-refractivity contribution in [3.05, 3.63) is 11.4 Å². The number of aromatic amines is 1. The summed E-state index contributed by atoms with van der Waals surface area (Å²) in [5.41, 5.74) is -4.89. The molecule has 0 spiro atoms. The fourth-order valence-corrected chi connectivity index (χ4v) is 0.782. The van der Waals surface area contributed by atoms with Crippen LogP contribution in [0.5, 0.6) is 0 Å². The van der Waals surface area contributed by atoms with Crippen LogP contribution in [0.1, 0.15) is 11.4 Å². The van der Waals surface area contributed by atoms with Crippen LogP contribution in [0.3, 0.4) is 0 Å². The lowest BCUT2D eigenvalue weighted by atomic mass is 10.2. The SMILES string of the molecule is FC(F)(F)c1n[nH]nc1C(F)(F)C(F)(F)F. The van der Waals surface area contributed by atoms with E-state index in [-0.39, 0.29) is 0 Å². The Bertz CT molecular complexity index is 374. The summed E-state index contributed by atoms with van der Waals surface area (Å²) in [6, 6.07) is 0. The number of hydrogen-bond acceptors (Lipinski definition) is 2. The Balaban J connectivity index is 3.31. The van der Waals surface area contributed by atoms with Crippen LogP contribution in [-0.4, -0.2) is 21.6 Å². The van der Waals surface area contributed by atoms with Crippen molar-refractivity contribution in [3.63, 3.8) is 0 Å². The highest BCUT2D eigenvalue weighted by molar-refractivity contribution is 5.19. The number of alkyl halides is 8. The Hall–Kier alpha value is -1.42. The van der Waals surface area contributed by atoms with Gasteiger partial charge in [0.15, 0.2) is 11.4 Å². The third-order valence-electron chi connectivity index (χ3n) is 1.47. The molecule has 0 aliphatic carbocycles. The van der Waals surface area contributed by atoms with Crippen molar-refractivity contribution in [2.45, 2.75) is 18.3 Å². The van der Waals surface area contributed by atoms with Crippen molar-refractivity contribution < 1.29 is 35.1 Å². The molecule has 1 aromatic rings. The second kappa shape index (κ2) is 3.28. The zero-order chi connectivity index (χ0) is 12.8. The molecule has 0 radical (unpaired) electrons. The summed E-state index contributed by atoms with van der Waals surface area (Å²) in [6.45, 7) is 0. The number of hydrogen-bond donors (Lipinski definition) is 1. The Morgan fingerprint density at radius 1 is 0.750 bits per heavy atom. The molecule has 92 valence electrons. The maximum atomic E-state index is 12.5. The topological polar surface area (TPSA) is 41.6 Å². The van der Waals surface area contributed by atoms with E-state index in [1.54, 1.807) is 0 Å². The molecule has 0 bridgehead atoms. The Morgan fingerprint density at radius 2 is 1.19 bits per heavy atom. The number of nitrogens with one attached hydrogen (secondary N) is 1. The molecule has 1 heterocycles. The van der Waals surface area contributed by atoms with Crippen LogP contribution in [0.2, 0.25) is 0 Å². The third kappa shape index (κ3) is 1.93. The molecule has 0 amide bonds. The zero-order valence-corrected chi connectivity index (χ0v) is 6.92. The number of aromatic nitrogens is 3. The van der Waals surface area contributed by atoms with Gasteiger partial charge in [-0.3, -0.25) is 0 Å². The molecular weight excluding hydrogens is 254 g/mol. The summed E-state index contributed by atoms with van der Waals surface area (Å²) in [5, 5.41) is 5.50. The molecule has 3 nitrogen and oxygen atoms in total. The summed E-state index contributed by atoms with van der Waals surface area (Å²) in [6.07, 6.45) is -11.6. The first-order valence-electron chi connectivity index (χ1n) is 3.41. The lowest BCUT2D eigenvalue weighted by molar-refractivity contribution is -0.292. The van der Waals surface area contributed by atoms with Gasteiger partial charge in [-0.1, -0.05) is 0 Å². The van der Waals surface area contributed by atoms with E-state index in [4.69, 9.17) is 0 Å². The summed E-state index contributed by atoms with van der Waals surface area (Å²) in [4.78, 5) is 0. The average molecular weight is 255 g/mol. The van der Waals surface area contributed by atoms with E-state index in [0.29, 0.717) is 0 Å². The quantitative estimate of drug-likeness (QED) is 0.783. The van der Waals surface area contributed by atoms with Gasteiger partial charge in [0.2, 0.25) is 0 Å². The summed E-state index contributed by atoms with van der Waals surface area (Å²) in [5.74, 6) is -5.72. The molecule has 0 saturated heterocycles. The van der Waals surface area contributed by atoms with Gasteiger partial charge >= 0.3 is 18.3 Å². The molecule has 0 saturated carbocycles. The maximum absolute atomic E-state index is 12.5. The summed E-state index contributed by atoms with van der Waals surface area (Å²) >= 11 is 0. The summed E-state index contributed by atoms with van der Waals surface area (Å²) < 4.78 is 96.3. The van der Waals surface area contributed by atoms with E-state index < -0.39 is 29.7 Å². The van der Waals surface area contributed by atoms with Crippen molar-refractivity contribution >= 4 is 0 Å². The van der Waals surface area contributed by atoms with Crippen molar-refractivity contribution in [3.8, 4) is 0 Å². The number of H-pyrrole nitrogens is 1. The van der Waals surface area contributed by atoms with Gasteiger partial charge in [-0.05, 0) is 0 Å². The van der Waals surface area contributed by atoms with E-state index in [1.807, 2.05) is 0 Å². The van der Waals surface area contributed by atoms with Gasteiger partial charge in [-0.15, -0.1) is 0 Å². The zero-order valence-electron chi connectivity index (χ0n) is 6.92. The van der Waals surface area contributed by atoms with Gasteiger partial charge < -0.3 is 0 Å². The van der Waals surface area contributed by atoms with Crippen molar-refractivity contribution in [1.29, 1.82) is 0 Å². The second-order valence-corrected chi connectivity index (χ2v) is 2.59. The van der Waals surface area contributed by atoms with Crippen LogP contribution < -0.4 is 0 Å². The first kappa shape index (κ1) is 12.6. The van der Waals surface area contributed by atoms with Gasteiger partial charge in [0.25, 0.3) is 0 Å². The normalized spacial score (nSPS) is 14.2. The van der Waals surface area contributed by atoms with E-state index >= 15 is 0 Å². The smallest absolute Gasteiger partial charge is 0.197 e. The number of rotatable bonds is 1. The van der Waals surface area contributed by atoms with Crippen molar-refractivity contribution in [1.82, 2.24) is 15.4 Å². The fourth-order valence-electron chi connectivity index (χ4n) is 0.782. The van der Waals surface area contributed by atoms with Gasteiger partial charge in [0.05, 0.1) is 0 Å². The average Bonchev–Trinajstić information content (AvgIpc) is 2.47. The maximum Gasteiger partial charge on any atom is 0.459 e. The molecule has 0 fully saturated rings. The van der Waals surface area contributed by atoms with Gasteiger partial charge in [0.1, 0.15) is 0 Å². The fraction of sp³-hybridized carbons (Fsp3) is 0.600. The highest BCUT2D eigenvalue weighted by Gasteiger charge is 2.63. The molecule has 1 N–H and O–H groups in total. The molecule has 0 aliphatic rings. The monoisotopic (exact) mass is 255 g/mol. The highest BCUT2D eigenvalue weighted by Crippen LogP contribution is 2.46. The van der Waals surface area contributed by atoms with Crippen LogP contribution in [0.4, 0.5) is 35.1 Å². The van der Waals surface area contributed by atoms with Crippen LogP contribution in [0, 0.1) is 0 Å². The molecule has 0 aliphatic heterocycles. The molecule has 0 unspecified atom stereocenters. The van der Waals surface area contributed by atoms with Crippen LogP contribution >= 0.6 is 0 Å². The molecule has 0 atom stereocenters. The van der Waals surface area contributed by atoms with Crippen LogP contribution in [0.15, 0.2) is 0 Å². The van der Waals surface area contributed by atoms with Gasteiger partial charge in [0, 0.05) is 0 Å². The molecule has 1 rings (SSSR count). The molecule has 11 heteroatoms. The van der Waals surface area contributed by atoms with Gasteiger partial charge in [-0.25, -0.2) is 0 Å². The molecule has 16 heavy (non-hydrogen) atoms. The van der Waals surface area contributed by atoms with Crippen LogP contribution in [0.25, 0.3) is 0 Å². The molecule has 1 aromatic heterocycles. The first-order chi connectivity index (χ1) is 6.98. The summed E-state index contributed by atoms with van der Waals surface area (Å²) in [7, 11) is 0. The minimum Gasteiger partial charge on any atom is -0.197 e. The largest absolute Gasteiger partial charge is 0.459 e.